The predicted molar refractivity (Wildman–Crippen MR) is 113 cm³/mol. The molecule has 154 valence electrons. The lowest BCUT2D eigenvalue weighted by atomic mass is 10.0. The molecule has 0 bridgehead atoms. The number of carbonyl (C=O) groups excluding carboxylic acids is 2. The van der Waals surface area contributed by atoms with E-state index in [1.165, 1.54) is 6.92 Å². The Morgan fingerprint density at radius 3 is 2.62 bits per heavy atom. The monoisotopic (exact) mass is 396 g/mol. The van der Waals surface area contributed by atoms with Gasteiger partial charge in [0.25, 0.3) is 0 Å². The zero-order valence-electron chi connectivity index (χ0n) is 17.4. The third-order valence-electron chi connectivity index (χ3n) is 5.50. The van der Waals surface area contributed by atoms with E-state index in [4.69, 9.17) is 9.47 Å². The first-order valence-corrected chi connectivity index (χ1v) is 9.84. The first-order valence-electron chi connectivity index (χ1n) is 9.84. The van der Waals surface area contributed by atoms with E-state index < -0.39 is 0 Å². The molecule has 1 N–H and O–H groups in total. The van der Waals surface area contributed by atoms with Gasteiger partial charge in [-0.2, -0.15) is 0 Å². The van der Waals surface area contributed by atoms with Crippen molar-refractivity contribution in [1.29, 1.82) is 0 Å². The lowest BCUT2D eigenvalue weighted by Crippen LogP contribution is -2.41. The average molecular weight is 396 g/mol. The van der Waals surface area contributed by atoms with Crippen LogP contribution in [-0.2, 0) is 4.79 Å². The molecule has 6 heteroatoms. The molecule has 0 aliphatic carbocycles. The van der Waals surface area contributed by atoms with Gasteiger partial charge in [0.05, 0.1) is 20.3 Å². The number of Topliss-reactive ketones (excluding diaryl/α,β-unsaturated/α-hetero) is 1. The van der Waals surface area contributed by atoms with E-state index in [-0.39, 0.29) is 23.8 Å². The van der Waals surface area contributed by atoms with Gasteiger partial charge in [0.1, 0.15) is 11.5 Å². The van der Waals surface area contributed by atoms with E-state index in [0.717, 1.165) is 36.4 Å². The fourth-order valence-electron chi connectivity index (χ4n) is 3.90. The Labute approximate surface area is 171 Å². The van der Waals surface area contributed by atoms with Crippen LogP contribution in [0.4, 0.5) is 5.69 Å². The van der Waals surface area contributed by atoms with E-state index in [9.17, 15) is 9.59 Å². The molecule has 0 aromatic heterocycles. The Kier molecular flexibility index (Phi) is 6.54. The fourth-order valence-corrected chi connectivity index (χ4v) is 3.90. The number of rotatable bonds is 7. The maximum Gasteiger partial charge on any atom is 0.241 e. The van der Waals surface area contributed by atoms with Crippen LogP contribution in [0, 0.1) is 0 Å². The van der Waals surface area contributed by atoms with Gasteiger partial charge in [-0.05, 0) is 63.6 Å². The molecule has 2 atom stereocenters. The van der Waals surface area contributed by atoms with Gasteiger partial charge in [-0.25, -0.2) is 0 Å². The second kappa shape index (κ2) is 9.09. The number of amides is 1. The van der Waals surface area contributed by atoms with Gasteiger partial charge in [-0.3, -0.25) is 14.5 Å². The summed E-state index contributed by atoms with van der Waals surface area (Å²) in [6.45, 7) is 4.25. The van der Waals surface area contributed by atoms with Crippen LogP contribution in [0.25, 0.3) is 0 Å². The average Bonchev–Trinajstić information content (AvgIpc) is 3.22. The van der Waals surface area contributed by atoms with Gasteiger partial charge >= 0.3 is 0 Å². The van der Waals surface area contributed by atoms with Crippen LogP contribution in [0.1, 0.15) is 48.7 Å². The largest absolute Gasteiger partial charge is 0.497 e. The molecule has 3 rings (SSSR count). The van der Waals surface area contributed by atoms with Crippen molar-refractivity contribution in [3.63, 3.8) is 0 Å². The first-order chi connectivity index (χ1) is 13.9. The minimum Gasteiger partial charge on any atom is -0.497 e. The maximum atomic E-state index is 12.9. The van der Waals surface area contributed by atoms with Crippen LogP contribution in [0.5, 0.6) is 11.5 Å². The van der Waals surface area contributed by atoms with E-state index in [1.54, 1.807) is 38.5 Å². The molecule has 0 saturated carbocycles. The predicted octanol–water partition coefficient (Wildman–Crippen LogP) is 4.07. The Bertz CT molecular complexity index is 896. The highest BCUT2D eigenvalue weighted by Gasteiger charge is 2.34. The minimum absolute atomic E-state index is 0.0288. The summed E-state index contributed by atoms with van der Waals surface area (Å²) < 4.78 is 10.9. The van der Waals surface area contributed by atoms with Crippen LogP contribution < -0.4 is 14.8 Å². The molecule has 0 radical (unpaired) electrons. The quantitative estimate of drug-likeness (QED) is 0.715. The number of benzene rings is 2. The van der Waals surface area contributed by atoms with Crippen molar-refractivity contribution in [2.24, 2.45) is 0 Å². The number of ketones is 1. The van der Waals surface area contributed by atoms with Gasteiger partial charge in [0.15, 0.2) is 5.78 Å². The summed E-state index contributed by atoms with van der Waals surface area (Å²) in [5, 5.41) is 2.95. The van der Waals surface area contributed by atoms with Crippen molar-refractivity contribution in [3.05, 3.63) is 53.6 Å². The topological polar surface area (TPSA) is 67.9 Å². The van der Waals surface area contributed by atoms with Crippen molar-refractivity contribution in [3.8, 4) is 11.5 Å². The van der Waals surface area contributed by atoms with Crippen molar-refractivity contribution in [2.45, 2.75) is 38.8 Å². The third-order valence-corrected chi connectivity index (χ3v) is 5.50. The standard InChI is InChI=1S/C23H28N2O4/c1-15(23(27)24-18-8-5-7-17(13-18)16(2)26)25-12-6-9-21(25)20-14-19(28-3)10-11-22(20)29-4/h5,7-8,10-11,13-15,21H,6,9,12H2,1-4H3,(H,24,27)/t15-,21-/m1/s1. The fraction of sp³-hybridized carbons (Fsp3) is 0.391. The Balaban J connectivity index is 1.79. The summed E-state index contributed by atoms with van der Waals surface area (Å²) >= 11 is 0. The number of nitrogens with one attached hydrogen (secondary N) is 1. The number of methoxy groups -OCH3 is 2. The number of hydrogen-bond donors (Lipinski definition) is 1. The van der Waals surface area contributed by atoms with Crippen molar-refractivity contribution in [1.82, 2.24) is 4.90 Å². The van der Waals surface area contributed by atoms with Gasteiger partial charge in [0, 0.05) is 22.9 Å². The second-order valence-electron chi connectivity index (χ2n) is 7.31. The van der Waals surface area contributed by atoms with E-state index >= 15 is 0 Å². The van der Waals surface area contributed by atoms with Gasteiger partial charge < -0.3 is 14.8 Å². The van der Waals surface area contributed by atoms with Crippen molar-refractivity contribution < 1.29 is 19.1 Å². The first kappa shape index (κ1) is 20.9. The Hall–Kier alpha value is -2.86. The molecule has 1 aliphatic rings. The van der Waals surface area contributed by atoms with Gasteiger partial charge in [0.2, 0.25) is 5.91 Å². The number of ether oxygens (including phenoxy) is 2. The molecule has 1 heterocycles. The molecule has 2 aromatic carbocycles. The van der Waals surface area contributed by atoms with Crippen molar-refractivity contribution >= 4 is 17.4 Å². The molecule has 29 heavy (non-hydrogen) atoms. The molecular formula is C23H28N2O4. The van der Waals surface area contributed by atoms with E-state index in [2.05, 4.69) is 10.2 Å². The highest BCUT2D eigenvalue weighted by Crippen LogP contribution is 2.40. The number of carbonyl (C=O) groups is 2. The molecule has 1 aliphatic heterocycles. The Morgan fingerprint density at radius 2 is 1.93 bits per heavy atom. The summed E-state index contributed by atoms with van der Waals surface area (Å²) in [7, 11) is 3.30. The summed E-state index contributed by atoms with van der Waals surface area (Å²) in [6, 6.07) is 12.5. The second-order valence-corrected chi connectivity index (χ2v) is 7.31. The number of nitrogens with zero attached hydrogens (tertiary/aromatic N) is 1. The SMILES string of the molecule is COc1ccc(OC)c([C@H]2CCCN2[C@H](C)C(=O)Nc2cccc(C(C)=O)c2)c1. The normalized spacial score (nSPS) is 17.6. The van der Waals surface area contributed by atoms with Gasteiger partial charge in [-0.1, -0.05) is 12.1 Å². The third kappa shape index (κ3) is 4.59. The van der Waals surface area contributed by atoms with Crippen LogP contribution in [-0.4, -0.2) is 43.4 Å². The maximum absolute atomic E-state index is 12.9. The minimum atomic E-state index is -0.334. The molecule has 0 unspecified atom stereocenters. The molecule has 0 spiro atoms. The number of anilines is 1. The van der Waals surface area contributed by atoms with Crippen LogP contribution in [0.15, 0.2) is 42.5 Å². The molecule has 1 fully saturated rings. The summed E-state index contributed by atoms with van der Waals surface area (Å²) in [6.07, 6.45) is 1.95. The molecule has 6 nitrogen and oxygen atoms in total. The summed E-state index contributed by atoms with van der Waals surface area (Å²) in [5.41, 5.74) is 2.24. The molecule has 2 aromatic rings. The highest BCUT2D eigenvalue weighted by molar-refractivity contribution is 5.98. The summed E-state index contributed by atoms with van der Waals surface area (Å²) in [4.78, 5) is 26.7. The lowest BCUT2D eigenvalue weighted by Gasteiger charge is -2.31. The molecular weight excluding hydrogens is 368 g/mol. The van der Waals surface area contributed by atoms with Crippen LogP contribution in [0.2, 0.25) is 0 Å². The Morgan fingerprint density at radius 1 is 1.14 bits per heavy atom. The van der Waals surface area contributed by atoms with E-state index in [1.807, 2.05) is 25.1 Å². The highest BCUT2D eigenvalue weighted by atomic mass is 16.5. The number of hydrogen-bond acceptors (Lipinski definition) is 5. The van der Waals surface area contributed by atoms with Crippen LogP contribution in [0.3, 0.4) is 0 Å². The summed E-state index contributed by atoms with van der Waals surface area (Å²) in [5.74, 6) is 1.44. The molecule has 1 amide bonds. The zero-order valence-corrected chi connectivity index (χ0v) is 17.4. The smallest absolute Gasteiger partial charge is 0.241 e. The lowest BCUT2D eigenvalue weighted by molar-refractivity contribution is -0.121. The van der Waals surface area contributed by atoms with Crippen LogP contribution >= 0.6 is 0 Å². The number of likely N-dealkylation sites (tertiary alicyclic amines) is 1. The van der Waals surface area contributed by atoms with E-state index in [0.29, 0.717) is 11.3 Å². The molecule has 1 saturated heterocycles. The van der Waals surface area contributed by atoms with Gasteiger partial charge in [-0.15, -0.1) is 0 Å². The van der Waals surface area contributed by atoms with Crippen molar-refractivity contribution in [2.75, 3.05) is 26.1 Å². The zero-order chi connectivity index (χ0) is 21.0.